The molecule has 0 radical (unpaired) electrons. The predicted molar refractivity (Wildman–Crippen MR) is 112 cm³/mol. The average Bonchev–Trinajstić information content (AvgIpc) is 3.18. The van der Waals surface area contributed by atoms with E-state index in [1.807, 2.05) is 42.5 Å². The van der Waals surface area contributed by atoms with Crippen molar-refractivity contribution in [2.45, 2.75) is 10.9 Å². The number of aromatic nitrogens is 5. The van der Waals surface area contributed by atoms with E-state index in [1.165, 1.54) is 11.8 Å². The Labute approximate surface area is 176 Å². The average molecular weight is 423 g/mol. The van der Waals surface area contributed by atoms with Gasteiger partial charge in [-0.05, 0) is 42.5 Å². The largest absolute Gasteiger partial charge is 0.321 e. The van der Waals surface area contributed by atoms with Gasteiger partial charge < -0.3 is 5.32 Å². The summed E-state index contributed by atoms with van der Waals surface area (Å²) in [7, 11) is 0. The van der Waals surface area contributed by atoms with Crippen LogP contribution < -0.4 is 5.32 Å². The Balaban J connectivity index is 1.66. The number of benzene rings is 2. The Morgan fingerprint density at radius 3 is 2.45 bits per heavy atom. The Morgan fingerprint density at radius 1 is 1.00 bits per heavy atom. The number of nitrogens with one attached hydrogen (secondary N) is 1. The number of carbonyl (C=O) groups excluding carboxylic acids is 1. The Morgan fingerprint density at radius 2 is 1.72 bits per heavy atom. The van der Waals surface area contributed by atoms with E-state index in [-0.39, 0.29) is 11.6 Å². The van der Waals surface area contributed by atoms with Crippen molar-refractivity contribution in [1.82, 2.24) is 25.0 Å². The molecule has 0 spiro atoms. The van der Waals surface area contributed by atoms with E-state index in [2.05, 4.69) is 25.6 Å². The maximum absolute atomic E-state index is 12.9. The minimum absolute atomic E-state index is 0.243. The molecule has 0 fully saturated rings. The molecule has 0 aliphatic heterocycles. The van der Waals surface area contributed by atoms with E-state index in [4.69, 9.17) is 11.6 Å². The summed E-state index contributed by atoms with van der Waals surface area (Å²) in [5, 5.41) is 12.4. The van der Waals surface area contributed by atoms with Crippen molar-refractivity contribution in [1.29, 1.82) is 0 Å². The van der Waals surface area contributed by atoms with Gasteiger partial charge in [0.1, 0.15) is 0 Å². The van der Waals surface area contributed by atoms with Crippen LogP contribution in [-0.2, 0) is 5.75 Å². The van der Waals surface area contributed by atoms with Gasteiger partial charge in [-0.2, -0.15) is 0 Å². The zero-order valence-electron chi connectivity index (χ0n) is 15.1. The third kappa shape index (κ3) is 4.61. The van der Waals surface area contributed by atoms with Gasteiger partial charge in [-0.3, -0.25) is 4.79 Å². The van der Waals surface area contributed by atoms with Crippen LogP contribution in [0.3, 0.4) is 0 Å². The zero-order chi connectivity index (χ0) is 20.1. The lowest BCUT2D eigenvalue weighted by atomic mass is 10.2. The third-order valence-electron chi connectivity index (χ3n) is 3.96. The van der Waals surface area contributed by atoms with Gasteiger partial charge in [-0.15, -0.1) is 5.10 Å². The number of hydrogen-bond acceptors (Lipinski definition) is 6. The second-order valence-corrected chi connectivity index (χ2v) is 7.29. The Kier molecular flexibility index (Phi) is 5.83. The summed E-state index contributed by atoms with van der Waals surface area (Å²) in [6.45, 7) is 0. The van der Waals surface area contributed by atoms with Crippen molar-refractivity contribution in [2.24, 2.45) is 0 Å². The van der Waals surface area contributed by atoms with Crippen LogP contribution in [-0.4, -0.2) is 30.9 Å². The molecule has 4 rings (SSSR count). The summed E-state index contributed by atoms with van der Waals surface area (Å²) >= 11 is 7.39. The Bertz CT molecular complexity index is 1100. The first-order valence-electron chi connectivity index (χ1n) is 8.67. The molecule has 2 heterocycles. The molecule has 29 heavy (non-hydrogen) atoms. The fraction of sp³-hybridized carbons (Fsp3) is 0.0500. The van der Waals surface area contributed by atoms with Gasteiger partial charge in [0.2, 0.25) is 0 Å². The third-order valence-corrected chi connectivity index (χ3v) is 5.10. The number of hydrogen-bond donors (Lipinski definition) is 1. The maximum Gasteiger partial charge on any atom is 0.278 e. The molecule has 0 saturated heterocycles. The maximum atomic E-state index is 12.9. The molecule has 144 valence electrons. The van der Waals surface area contributed by atoms with Gasteiger partial charge in [0, 0.05) is 28.9 Å². The number of carbonyl (C=O) groups is 1. The molecule has 9 heteroatoms. The number of anilines is 1. The second-order valence-electron chi connectivity index (χ2n) is 5.91. The lowest BCUT2D eigenvalue weighted by Gasteiger charge is -2.08. The lowest BCUT2D eigenvalue weighted by Crippen LogP contribution is -2.15. The molecule has 4 aromatic rings. The summed E-state index contributed by atoms with van der Waals surface area (Å²) < 4.78 is 1.63. The molecule has 7 nitrogen and oxygen atoms in total. The highest BCUT2D eigenvalue weighted by Gasteiger charge is 2.21. The molecule has 0 unspecified atom stereocenters. The highest BCUT2D eigenvalue weighted by Crippen LogP contribution is 2.24. The minimum Gasteiger partial charge on any atom is -0.321 e. The molecular formula is C20H15ClN6OS. The van der Waals surface area contributed by atoms with Gasteiger partial charge in [0.05, 0.1) is 11.4 Å². The fourth-order valence-electron chi connectivity index (χ4n) is 2.60. The van der Waals surface area contributed by atoms with Crippen LogP contribution in [0.2, 0.25) is 5.02 Å². The molecule has 2 aromatic heterocycles. The highest BCUT2D eigenvalue weighted by atomic mass is 35.5. The molecule has 0 saturated carbocycles. The smallest absolute Gasteiger partial charge is 0.278 e. The van der Waals surface area contributed by atoms with E-state index < -0.39 is 0 Å². The van der Waals surface area contributed by atoms with E-state index in [0.29, 0.717) is 27.3 Å². The van der Waals surface area contributed by atoms with Crippen LogP contribution in [0.1, 0.15) is 16.2 Å². The number of halogens is 1. The van der Waals surface area contributed by atoms with Gasteiger partial charge >= 0.3 is 0 Å². The molecule has 0 atom stereocenters. The molecule has 0 bridgehead atoms. The van der Waals surface area contributed by atoms with Crippen LogP contribution in [0.4, 0.5) is 5.69 Å². The van der Waals surface area contributed by atoms with Crippen molar-refractivity contribution in [3.8, 4) is 5.69 Å². The molecule has 0 aliphatic rings. The first-order valence-corrected chi connectivity index (χ1v) is 10.0. The molecule has 2 aromatic carbocycles. The van der Waals surface area contributed by atoms with Crippen LogP contribution >= 0.6 is 23.4 Å². The van der Waals surface area contributed by atoms with Gasteiger partial charge in [0.15, 0.2) is 10.9 Å². The number of nitrogens with zero attached hydrogens (tertiary/aromatic N) is 5. The SMILES string of the molecule is O=C(Nc1ccccc1)c1nnn(-c2ccc(Cl)cc2)c1CSc1ncccn1. The number of rotatable bonds is 6. The topological polar surface area (TPSA) is 85.6 Å². The first kappa shape index (κ1) is 19.1. The molecule has 1 amide bonds. The van der Waals surface area contributed by atoms with Crippen molar-refractivity contribution in [2.75, 3.05) is 5.32 Å². The van der Waals surface area contributed by atoms with Gasteiger partial charge in [-0.25, -0.2) is 14.6 Å². The number of amides is 1. The van der Waals surface area contributed by atoms with Crippen LogP contribution in [0.5, 0.6) is 0 Å². The van der Waals surface area contributed by atoms with E-state index >= 15 is 0 Å². The van der Waals surface area contributed by atoms with E-state index in [0.717, 1.165) is 5.69 Å². The summed E-state index contributed by atoms with van der Waals surface area (Å²) in [6.07, 6.45) is 3.35. The summed E-state index contributed by atoms with van der Waals surface area (Å²) in [5.41, 5.74) is 2.32. The number of para-hydroxylation sites is 1. The normalized spacial score (nSPS) is 10.7. The Hall–Kier alpha value is -3.23. The summed E-state index contributed by atoms with van der Waals surface area (Å²) in [5.74, 6) is 0.0815. The van der Waals surface area contributed by atoms with Crippen molar-refractivity contribution in [3.05, 3.63) is 89.5 Å². The standard InChI is InChI=1S/C20H15ClN6OS/c21-14-7-9-16(10-8-14)27-17(13-29-20-22-11-4-12-23-20)18(25-26-27)19(28)24-15-5-2-1-3-6-15/h1-12H,13H2,(H,24,28). The first-order chi connectivity index (χ1) is 14.2. The molecular weight excluding hydrogens is 408 g/mol. The highest BCUT2D eigenvalue weighted by molar-refractivity contribution is 7.98. The number of thioether (sulfide) groups is 1. The fourth-order valence-corrected chi connectivity index (χ4v) is 3.52. The second kappa shape index (κ2) is 8.85. The van der Waals surface area contributed by atoms with Crippen molar-refractivity contribution >= 4 is 35.0 Å². The lowest BCUT2D eigenvalue weighted by molar-refractivity contribution is 0.102. The predicted octanol–water partition coefficient (Wildman–Crippen LogP) is 4.26. The zero-order valence-corrected chi connectivity index (χ0v) is 16.6. The molecule has 1 N–H and O–H groups in total. The van der Waals surface area contributed by atoms with Gasteiger partial charge in [-0.1, -0.05) is 46.8 Å². The summed E-state index contributed by atoms with van der Waals surface area (Å²) in [4.78, 5) is 21.3. The molecule has 0 aliphatic carbocycles. The minimum atomic E-state index is -0.332. The van der Waals surface area contributed by atoms with Crippen LogP contribution in [0.15, 0.2) is 78.2 Å². The van der Waals surface area contributed by atoms with E-state index in [1.54, 1.807) is 35.3 Å². The quantitative estimate of drug-likeness (QED) is 0.369. The van der Waals surface area contributed by atoms with Crippen molar-refractivity contribution in [3.63, 3.8) is 0 Å². The van der Waals surface area contributed by atoms with Crippen LogP contribution in [0, 0.1) is 0 Å². The monoisotopic (exact) mass is 422 g/mol. The van der Waals surface area contributed by atoms with Gasteiger partial charge in [0.25, 0.3) is 5.91 Å². The van der Waals surface area contributed by atoms with Crippen molar-refractivity contribution < 1.29 is 4.79 Å². The summed E-state index contributed by atoms with van der Waals surface area (Å²) in [6, 6.07) is 18.1. The van der Waals surface area contributed by atoms with Crippen LogP contribution in [0.25, 0.3) is 5.69 Å². The van der Waals surface area contributed by atoms with E-state index in [9.17, 15) is 4.79 Å².